The standard InChI is InChI=1S/C18H27FN2O2/c1-18(2,3)23-17(22)21-13-11-20(12-14-21)10-4-5-15-6-8-16(19)9-7-15/h6-9H,4-5,10-14H2,1-3H3. The molecule has 0 bridgehead atoms. The van der Waals surface area contributed by atoms with Gasteiger partial charge in [0.25, 0.3) is 0 Å². The van der Waals surface area contributed by atoms with Crippen LogP contribution in [0.5, 0.6) is 0 Å². The van der Waals surface area contributed by atoms with Gasteiger partial charge in [-0.25, -0.2) is 9.18 Å². The van der Waals surface area contributed by atoms with Gasteiger partial charge in [-0.1, -0.05) is 12.1 Å². The molecule has 1 aliphatic rings. The number of amides is 1. The van der Waals surface area contributed by atoms with Crippen LogP contribution in [0.3, 0.4) is 0 Å². The number of nitrogens with zero attached hydrogens (tertiary/aromatic N) is 2. The van der Waals surface area contributed by atoms with E-state index in [2.05, 4.69) is 4.90 Å². The molecule has 4 nitrogen and oxygen atoms in total. The number of carbonyl (C=O) groups is 1. The number of rotatable bonds is 4. The number of aryl methyl sites for hydroxylation is 1. The van der Waals surface area contributed by atoms with Gasteiger partial charge < -0.3 is 9.64 Å². The topological polar surface area (TPSA) is 32.8 Å². The van der Waals surface area contributed by atoms with Crippen molar-refractivity contribution >= 4 is 6.09 Å². The summed E-state index contributed by atoms with van der Waals surface area (Å²) >= 11 is 0. The molecular formula is C18H27FN2O2. The van der Waals surface area contributed by atoms with E-state index >= 15 is 0 Å². The van der Waals surface area contributed by atoms with Gasteiger partial charge in [-0.2, -0.15) is 0 Å². The van der Waals surface area contributed by atoms with Crippen LogP contribution in [0.15, 0.2) is 24.3 Å². The molecule has 1 aromatic rings. The van der Waals surface area contributed by atoms with Gasteiger partial charge in [0.2, 0.25) is 0 Å². The fourth-order valence-electron chi connectivity index (χ4n) is 2.64. The lowest BCUT2D eigenvalue weighted by Crippen LogP contribution is -2.50. The number of benzene rings is 1. The summed E-state index contributed by atoms with van der Waals surface area (Å²) in [6, 6.07) is 6.70. The molecule has 2 rings (SSSR count). The smallest absolute Gasteiger partial charge is 0.410 e. The molecular weight excluding hydrogens is 295 g/mol. The summed E-state index contributed by atoms with van der Waals surface area (Å²) in [5.41, 5.74) is 0.724. The molecule has 0 spiro atoms. The van der Waals surface area contributed by atoms with Crippen LogP contribution >= 0.6 is 0 Å². The number of carbonyl (C=O) groups excluding carboxylic acids is 1. The van der Waals surface area contributed by atoms with Crippen molar-refractivity contribution in [3.63, 3.8) is 0 Å². The van der Waals surface area contributed by atoms with Crippen LogP contribution in [0, 0.1) is 5.82 Å². The summed E-state index contributed by atoms with van der Waals surface area (Å²) in [5, 5.41) is 0. The summed E-state index contributed by atoms with van der Waals surface area (Å²) in [5.74, 6) is -0.188. The number of hydrogen-bond acceptors (Lipinski definition) is 3. The lowest BCUT2D eigenvalue weighted by molar-refractivity contribution is 0.0144. The van der Waals surface area contributed by atoms with Crippen molar-refractivity contribution in [3.8, 4) is 0 Å². The average Bonchev–Trinajstić information content (AvgIpc) is 2.48. The molecule has 0 aromatic heterocycles. The Morgan fingerprint density at radius 2 is 1.74 bits per heavy atom. The Morgan fingerprint density at radius 1 is 1.13 bits per heavy atom. The van der Waals surface area contributed by atoms with Crippen molar-refractivity contribution in [1.29, 1.82) is 0 Å². The summed E-state index contributed by atoms with van der Waals surface area (Å²) < 4.78 is 18.3. The third kappa shape index (κ3) is 6.18. The SMILES string of the molecule is CC(C)(C)OC(=O)N1CCN(CCCc2ccc(F)cc2)CC1. The molecule has 23 heavy (non-hydrogen) atoms. The van der Waals surface area contributed by atoms with Gasteiger partial charge in [-0.15, -0.1) is 0 Å². The van der Waals surface area contributed by atoms with Crippen molar-refractivity contribution in [2.24, 2.45) is 0 Å². The second-order valence-corrected chi connectivity index (χ2v) is 7.04. The van der Waals surface area contributed by atoms with Crippen molar-refractivity contribution in [2.75, 3.05) is 32.7 Å². The molecule has 0 unspecified atom stereocenters. The molecule has 1 fully saturated rings. The number of piperazine rings is 1. The Balaban J connectivity index is 1.66. The Kier molecular flexibility index (Phi) is 5.99. The zero-order chi connectivity index (χ0) is 16.9. The molecule has 1 aliphatic heterocycles. The highest BCUT2D eigenvalue weighted by molar-refractivity contribution is 5.68. The molecule has 0 saturated carbocycles. The van der Waals surface area contributed by atoms with E-state index in [0.29, 0.717) is 13.1 Å². The molecule has 1 saturated heterocycles. The predicted octanol–water partition coefficient (Wildman–Crippen LogP) is 3.31. The van der Waals surface area contributed by atoms with E-state index in [1.807, 2.05) is 32.9 Å². The van der Waals surface area contributed by atoms with Crippen LogP contribution in [-0.2, 0) is 11.2 Å². The van der Waals surface area contributed by atoms with Gasteiger partial charge in [-0.05, 0) is 57.9 Å². The highest BCUT2D eigenvalue weighted by Gasteiger charge is 2.25. The second-order valence-electron chi connectivity index (χ2n) is 7.04. The van der Waals surface area contributed by atoms with Gasteiger partial charge in [-0.3, -0.25) is 4.90 Å². The van der Waals surface area contributed by atoms with Crippen molar-refractivity contribution in [1.82, 2.24) is 9.80 Å². The second kappa shape index (κ2) is 7.77. The third-order valence-corrected chi connectivity index (χ3v) is 3.88. The number of ether oxygens (including phenoxy) is 1. The number of hydrogen-bond donors (Lipinski definition) is 0. The molecule has 1 aromatic carbocycles. The zero-order valence-corrected chi connectivity index (χ0v) is 14.3. The molecule has 5 heteroatoms. The van der Waals surface area contributed by atoms with Gasteiger partial charge in [0.15, 0.2) is 0 Å². The Bertz CT molecular complexity index is 503. The van der Waals surface area contributed by atoms with Gasteiger partial charge in [0.1, 0.15) is 11.4 Å². The quantitative estimate of drug-likeness (QED) is 0.852. The largest absolute Gasteiger partial charge is 0.444 e. The van der Waals surface area contributed by atoms with E-state index in [4.69, 9.17) is 4.74 Å². The lowest BCUT2D eigenvalue weighted by atomic mass is 10.1. The molecule has 0 aliphatic carbocycles. The normalized spacial score (nSPS) is 16.4. The summed E-state index contributed by atoms with van der Waals surface area (Å²) in [6.45, 7) is 9.84. The van der Waals surface area contributed by atoms with Gasteiger partial charge in [0.05, 0.1) is 0 Å². The maximum absolute atomic E-state index is 12.9. The van der Waals surface area contributed by atoms with Crippen LogP contribution < -0.4 is 0 Å². The van der Waals surface area contributed by atoms with E-state index in [1.165, 1.54) is 17.7 Å². The first-order chi connectivity index (χ1) is 10.8. The van der Waals surface area contributed by atoms with Crippen LogP contribution in [0.1, 0.15) is 32.8 Å². The first kappa shape index (κ1) is 17.7. The molecule has 128 valence electrons. The van der Waals surface area contributed by atoms with E-state index in [9.17, 15) is 9.18 Å². The minimum absolute atomic E-state index is 0.188. The fourth-order valence-corrected chi connectivity index (χ4v) is 2.64. The molecule has 1 heterocycles. The molecule has 0 radical (unpaired) electrons. The van der Waals surface area contributed by atoms with Gasteiger partial charge >= 0.3 is 6.09 Å². The first-order valence-electron chi connectivity index (χ1n) is 8.28. The molecule has 1 amide bonds. The minimum atomic E-state index is -0.441. The first-order valence-corrected chi connectivity index (χ1v) is 8.28. The third-order valence-electron chi connectivity index (χ3n) is 3.88. The van der Waals surface area contributed by atoms with Crippen molar-refractivity contribution < 1.29 is 13.9 Å². The van der Waals surface area contributed by atoms with E-state index in [-0.39, 0.29) is 11.9 Å². The maximum Gasteiger partial charge on any atom is 0.410 e. The van der Waals surface area contributed by atoms with Gasteiger partial charge in [0, 0.05) is 26.2 Å². The highest BCUT2D eigenvalue weighted by atomic mass is 19.1. The lowest BCUT2D eigenvalue weighted by Gasteiger charge is -2.35. The maximum atomic E-state index is 12.9. The molecule has 0 N–H and O–H groups in total. The highest BCUT2D eigenvalue weighted by Crippen LogP contribution is 2.12. The summed E-state index contributed by atoms with van der Waals surface area (Å²) in [4.78, 5) is 16.1. The van der Waals surface area contributed by atoms with Crippen LogP contribution in [-0.4, -0.2) is 54.2 Å². The van der Waals surface area contributed by atoms with Crippen LogP contribution in [0.25, 0.3) is 0 Å². The van der Waals surface area contributed by atoms with E-state index in [0.717, 1.165) is 32.5 Å². The number of halogens is 1. The Morgan fingerprint density at radius 3 is 2.30 bits per heavy atom. The van der Waals surface area contributed by atoms with Crippen LogP contribution in [0.4, 0.5) is 9.18 Å². The predicted molar refractivity (Wildman–Crippen MR) is 89.0 cm³/mol. The van der Waals surface area contributed by atoms with Crippen molar-refractivity contribution in [3.05, 3.63) is 35.6 Å². The summed E-state index contributed by atoms with van der Waals surface area (Å²) in [6.07, 6.45) is 1.77. The van der Waals surface area contributed by atoms with Crippen molar-refractivity contribution in [2.45, 2.75) is 39.2 Å². The Hall–Kier alpha value is -1.62. The molecule has 0 atom stereocenters. The Labute approximate surface area is 138 Å². The zero-order valence-electron chi connectivity index (χ0n) is 14.3. The van der Waals surface area contributed by atoms with E-state index < -0.39 is 5.60 Å². The van der Waals surface area contributed by atoms with Crippen LogP contribution in [0.2, 0.25) is 0 Å². The average molecular weight is 322 g/mol. The van der Waals surface area contributed by atoms with E-state index in [1.54, 1.807) is 4.90 Å². The minimum Gasteiger partial charge on any atom is -0.444 e. The monoisotopic (exact) mass is 322 g/mol. The fraction of sp³-hybridized carbons (Fsp3) is 0.611. The summed E-state index contributed by atoms with van der Waals surface area (Å²) in [7, 11) is 0.